The Bertz CT molecular complexity index is 500. The molecule has 0 fully saturated rings. The second-order valence-electron chi connectivity index (χ2n) is 4.54. The van der Waals surface area contributed by atoms with Gasteiger partial charge in [-0.15, -0.1) is 0 Å². The van der Waals surface area contributed by atoms with Crippen molar-refractivity contribution in [3.8, 4) is 0 Å². The van der Waals surface area contributed by atoms with Gasteiger partial charge in [0.1, 0.15) is 9.84 Å². The quantitative estimate of drug-likeness (QED) is 0.870. The zero-order valence-corrected chi connectivity index (χ0v) is 13.4. The second kappa shape index (κ2) is 6.68. The standard InChI is InChI=1S/C13H20BrNO2S/c1-4-15-13(7-8-18(3,16)17)11-5-6-12(14)10(2)9-11/h5-6,9,13,15H,4,7-8H2,1-3H3. The van der Waals surface area contributed by atoms with Crippen LogP contribution in [0.4, 0.5) is 0 Å². The van der Waals surface area contributed by atoms with Gasteiger partial charge in [0.25, 0.3) is 0 Å². The molecule has 1 aromatic rings. The van der Waals surface area contributed by atoms with Crippen molar-refractivity contribution in [2.24, 2.45) is 0 Å². The first-order chi connectivity index (χ1) is 8.33. The van der Waals surface area contributed by atoms with Crippen molar-refractivity contribution in [3.05, 3.63) is 33.8 Å². The maximum absolute atomic E-state index is 11.3. The van der Waals surface area contributed by atoms with Crippen molar-refractivity contribution in [1.29, 1.82) is 0 Å². The summed E-state index contributed by atoms with van der Waals surface area (Å²) in [7, 11) is -2.91. The van der Waals surface area contributed by atoms with E-state index < -0.39 is 9.84 Å². The lowest BCUT2D eigenvalue weighted by Gasteiger charge is -2.18. The summed E-state index contributed by atoms with van der Waals surface area (Å²) in [5.41, 5.74) is 2.30. The Hall–Kier alpha value is -0.390. The molecule has 0 aliphatic heterocycles. The lowest BCUT2D eigenvalue weighted by Crippen LogP contribution is -2.23. The van der Waals surface area contributed by atoms with Crippen LogP contribution in [-0.2, 0) is 9.84 Å². The molecule has 1 unspecified atom stereocenters. The fourth-order valence-corrected chi connectivity index (χ4v) is 2.76. The Balaban J connectivity index is 2.86. The highest BCUT2D eigenvalue weighted by Gasteiger charge is 2.14. The monoisotopic (exact) mass is 333 g/mol. The van der Waals surface area contributed by atoms with Gasteiger partial charge in [0.2, 0.25) is 0 Å². The van der Waals surface area contributed by atoms with Gasteiger partial charge in [0.05, 0.1) is 5.75 Å². The summed E-state index contributed by atoms with van der Waals surface area (Å²) in [6.07, 6.45) is 1.89. The van der Waals surface area contributed by atoms with E-state index in [4.69, 9.17) is 0 Å². The van der Waals surface area contributed by atoms with E-state index in [0.29, 0.717) is 6.42 Å². The zero-order valence-electron chi connectivity index (χ0n) is 11.0. The van der Waals surface area contributed by atoms with E-state index >= 15 is 0 Å². The first-order valence-corrected chi connectivity index (χ1v) is 8.86. The van der Waals surface area contributed by atoms with Gasteiger partial charge in [-0.2, -0.15) is 0 Å². The summed E-state index contributed by atoms with van der Waals surface area (Å²) in [4.78, 5) is 0. The number of benzene rings is 1. The van der Waals surface area contributed by atoms with E-state index in [0.717, 1.165) is 22.1 Å². The predicted octanol–water partition coefficient (Wildman–Crippen LogP) is 2.84. The molecule has 0 heterocycles. The third-order valence-corrected chi connectivity index (χ3v) is 4.68. The fourth-order valence-electron chi connectivity index (χ4n) is 1.85. The molecule has 0 amide bonds. The molecule has 1 atom stereocenters. The van der Waals surface area contributed by atoms with Crippen LogP contribution in [0, 0.1) is 6.92 Å². The molecule has 18 heavy (non-hydrogen) atoms. The SMILES string of the molecule is CCNC(CCS(C)(=O)=O)c1ccc(Br)c(C)c1. The summed E-state index contributed by atoms with van der Waals surface area (Å²) in [5, 5.41) is 3.34. The van der Waals surface area contributed by atoms with Gasteiger partial charge in [-0.1, -0.05) is 35.0 Å². The zero-order chi connectivity index (χ0) is 13.8. The summed E-state index contributed by atoms with van der Waals surface area (Å²) in [6, 6.07) is 6.23. The van der Waals surface area contributed by atoms with Crippen LogP contribution < -0.4 is 5.32 Å². The van der Waals surface area contributed by atoms with E-state index in [9.17, 15) is 8.42 Å². The number of nitrogens with one attached hydrogen (secondary N) is 1. The van der Waals surface area contributed by atoms with Crippen LogP contribution in [-0.4, -0.2) is 27.0 Å². The molecule has 0 aliphatic carbocycles. The molecule has 5 heteroatoms. The fraction of sp³-hybridized carbons (Fsp3) is 0.538. The molecule has 0 aromatic heterocycles. The van der Waals surface area contributed by atoms with E-state index in [2.05, 4.69) is 27.3 Å². The van der Waals surface area contributed by atoms with Gasteiger partial charge in [-0.25, -0.2) is 8.42 Å². The van der Waals surface area contributed by atoms with E-state index in [1.165, 1.54) is 6.26 Å². The highest BCUT2D eigenvalue weighted by molar-refractivity contribution is 9.10. The van der Waals surface area contributed by atoms with Gasteiger partial charge in [-0.3, -0.25) is 0 Å². The molecule has 0 saturated heterocycles. The molecule has 1 aromatic carbocycles. The molecule has 1 N–H and O–H groups in total. The van der Waals surface area contributed by atoms with E-state index in [1.54, 1.807) is 0 Å². The van der Waals surface area contributed by atoms with E-state index in [-0.39, 0.29) is 11.8 Å². The van der Waals surface area contributed by atoms with Crippen molar-refractivity contribution in [1.82, 2.24) is 5.32 Å². The maximum Gasteiger partial charge on any atom is 0.147 e. The minimum atomic E-state index is -2.91. The minimum absolute atomic E-state index is 0.0940. The Kier molecular flexibility index (Phi) is 5.82. The first kappa shape index (κ1) is 15.7. The van der Waals surface area contributed by atoms with Gasteiger partial charge in [-0.05, 0) is 37.1 Å². The smallest absolute Gasteiger partial charge is 0.147 e. The number of halogens is 1. The number of rotatable bonds is 6. The van der Waals surface area contributed by atoms with Crippen molar-refractivity contribution >= 4 is 25.8 Å². The van der Waals surface area contributed by atoms with Crippen LogP contribution in [0.3, 0.4) is 0 Å². The molecule has 102 valence electrons. The lowest BCUT2D eigenvalue weighted by molar-refractivity contribution is 0.529. The van der Waals surface area contributed by atoms with Crippen molar-refractivity contribution < 1.29 is 8.42 Å². The minimum Gasteiger partial charge on any atom is -0.310 e. The van der Waals surface area contributed by atoms with Crippen LogP contribution in [0.2, 0.25) is 0 Å². The summed E-state index contributed by atoms with van der Waals surface area (Å²) < 4.78 is 23.6. The largest absolute Gasteiger partial charge is 0.310 e. The lowest BCUT2D eigenvalue weighted by atomic mass is 10.0. The van der Waals surface area contributed by atoms with Gasteiger partial charge < -0.3 is 5.32 Å². The molecule has 0 aliphatic rings. The summed E-state index contributed by atoms with van der Waals surface area (Å²) >= 11 is 3.47. The molecule has 0 radical (unpaired) electrons. The molecular weight excluding hydrogens is 314 g/mol. The van der Waals surface area contributed by atoms with Gasteiger partial charge in [0, 0.05) is 16.8 Å². The van der Waals surface area contributed by atoms with Gasteiger partial charge in [0.15, 0.2) is 0 Å². The Morgan fingerprint density at radius 1 is 1.39 bits per heavy atom. The third kappa shape index (κ3) is 5.08. The average Bonchev–Trinajstić information content (AvgIpc) is 2.27. The van der Waals surface area contributed by atoms with Crippen LogP contribution >= 0.6 is 15.9 Å². The molecule has 0 spiro atoms. The Labute approximate surface area is 118 Å². The number of hydrogen-bond acceptors (Lipinski definition) is 3. The predicted molar refractivity (Wildman–Crippen MR) is 79.6 cm³/mol. The van der Waals surface area contributed by atoms with Gasteiger partial charge >= 0.3 is 0 Å². The third-order valence-electron chi connectivity index (χ3n) is 2.81. The number of sulfone groups is 1. The molecule has 0 bridgehead atoms. The van der Waals surface area contributed by atoms with Crippen LogP contribution in [0.5, 0.6) is 0 Å². The molecular formula is C13H20BrNO2S. The van der Waals surface area contributed by atoms with Crippen molar-refractivity contribution in [2.45, 2.75) is 26.3 Å². The number of aryl methyl sites for hydroxylation is 1. The van der Waals surface area contributed by atoms with Crippen LogP contribution in [0.15, 0.2) is 22.7 Å². The average molecular weight is 334 g/mol. The van der Waals surface area contributed by atoms with Crippen LogP contribution in [0.25, 0.3) is 0 Å². The molecule has 1 rings (SSSR count). The van der Waals surface area contributed by atoms with Crippen molar-refractivity contribution in [3.63, 3.8) is 0 Å². The maximum atomic E-state index is 11.3. The Morgan fingerprint density at radius 3 is 2.56 bits per heavy atom. The van der Waals surface area contributed by atoms with E-state index in [1.807, 2.05) is 26.0 Å². The number of hydrogen-bond donors (Lipinski definition) is 1. The van der Waals surface area contributed by atoms with Crippen LogP contribution in [0.1, 0.15) is 30.5 Å². The molecule has 3 nitrogen and oxygen atoms in total. The topological polar surface area (TPSA) is 46.2 Å². The highest BCUT2D eigenvalue weighted by Crippen LogP contribution is 2.23. The normalized spacial score (nSPS) is 13.6. The molecule has 0 saturated carbocycles. The summed E-state index contributed by atoms with van der Waals surface area (Å²) in [6.45, 7) is 4.88. The first-order valence-electron chi connectivity index (χ1n) is 6.00. The second-order valence-corrected chi connectivity index (χ2v) is 7.65. The Morgan fingerprint density at radius 2 is 2.06 bits per heavy atom. The summed E-state index contributed by atoms with van der Waals surface area (Å²) in [5.74, 6) is 0.208. The van der Waals surface area contributed by atoms with Crippen molar-refractivity contribution in [2.75, 3.05) is 18.6 Å². The highest BCUT2D eigenvalue weighted by atomic mass is 79.9.